The maximum atomic E-state index is 14.0. The number of benzene rings is 2. The molecule has 2 aromatic rings. The molecule has 0 saturated heterocycles. The second-order valence-corrected chi connectivity index (χ2v) is 6.70. The highest BCUT2D eigenvalue weighted by atomic mass is 19.1. The molecule has 2 aliphatic rings. The third kappa shape index (κ3) is 2.82. The van der Waals surface area contributed by atoms with Crippen LogP contribution in [0.15, 0.2) is 48.5 Å². The minimum atomic E-state index is -0.266. The number of carbonyl (C=O) groups excluding carboxylic acids is 1. The standard InChI is InChI=1S/C20H21FN2O/c21-15-10-11-18-17(12-15)20(14-6-2-1-3-7-14)23(13-19(24)22-18)16-8-4-5-9-16/h1-3,6-7,10-12,16,20H,4-5,8-9,13H2,(H,22,24). The number of nitrogens with one attached hydrogen (secondary N) is 1. The summed E-state index contributed by atoms with van der Waals surface area (Å²) in [5, 5.41) is 2.96. The van der Waals surface area contributed by atoms with Gasteiger partial charge >= 0.3 is 0 Å². The first-order valence-corrected chi connectivity index (χ1v) is 8.62. The molecule has 124 valence electrons. The summed E-state index contributed by atoms with van der Waals surface area (Å²) in [6, 6.07) is 15.0. The first kappa shape index (κ1) is 15.3. The molecule has 1 saturated carbocycles. The Morgan fingerprint density at radius 2 is 1.79 bits per heavy atom. The fourth-order valence-electron chi connectivity index (χ4n) is 4.08. The van der Waals surface area contributed by atoms with Gasteiger partial charge in [0.05, 0.1) is 12.6 Å². The smallest absolute Gasteiger partial charge is 0.238 e. The van der Waals surface area contributed by atoms with Crippen molar-refractivity contribution < 1.29 is 9.18 Å². The third-order valence-corrected chi connectivity index (χ3v) is 5.15. The van der Waals surface area contributed by atoms with Crippen LogP contribution in [0.2, 0.25) is 0 Å². The average Bonchev–Trinajstić information content (AvgIpc) is 3.07. The van der Waals surface area contributed by atoms with Gasteiger partial charge in [-0.3, -0.25) is 9.69 Å². The highest BCUT2D eigenvalue weighted by Crippen LogP contribution is 2.40. The molecule has 3 nitrogen and oxygen atoms in total. The predicted octanol–water partition coefficient (Wildman–Crippen LogP) is 4.11. The van der Waals surface area contributed by atoms with E-state index in [1.807, 2.05) is 18.2 Å². The summed E-state index contributed by atoms with van der Waals surface area (Å²) in [6.07, 6.45) is 4.59. The van der Waals surface area contributed by atoms with Gasteiger partial charge in [0.15, 0.2) is 0 Å². The molecule has 1 aliphatic carbocycles. The topological polar surface area (TPSA) is 32.3 Å². The number of anilines is 1. The van der Waals surface area contributed by atoms with E-state index >= 15 is 0 Å². The second-order valence-electron chi connectivity index (χ2n) is 6.70. The Kier molecular flexibility index (Phi) is 4.07. The number of hydrogen-bond acceptors (Lipinski definition) is 2. The molecule has 0 aromatic heterocycles. The lowest BCUT2D eigenvalue weighted by Gasteiger charge is -2.35. The summed E-state index contributed by atoms with van der Waals surface area (Å²) in [6.45, 7) is 0.348. The maximum absolute atomic E-state index is 14.0. The molecule has 0 spiro atoms. The van der Waals surface area contributed by atoms with Gasteiger partial charge in [0.2, 0.25) is 5.91 Å². The van der Waals surface area contributed by atoms with Crippen molar-refractivity contribution in [3.8, 4) is 0 Å². The van der Waals surface area contributed by atoms with Gasteiger partial charge in [-0.1, -0.05) is 43.2 Å². The number of carbonyl (C=O) groups is 1. The minimum absolute atomic E-state index is 0.0202. The summed E-state index contributed by atoms with van der Waals surface area (Å²) in [5.74, 6) is -0.287. The molecule has 24 heavy (non-hydrogen) atoms. The Morgan fingerprint density at radius 3 is 2.54 bits per heavy atom. The van der Waals surface area contributed by atoms with E-state index in [0.717, 1.165) is 29.7 Å². The largest absolute Gasteiger partial charge is 0.325 e. The number of rotatable bonds is 2. The van der Waals surface area contributed by atoms with E-state index in [-0.39, 0.29) is 17.8 Å². The van der Waals surface area contributed by atoms with E-state index in [2.05, 4.69) is 22.3 Å². The number of halogens is 1. The van der Waals surface area contributed by atoms with Crippen molar-refractivity contribution >= 4 is 11.6 Å². The van der Waals surface area contributed by atoms with E-state index in [1.165, 1.54) is 18.9 Å². The molecule has 1 atom stereocenters. The summed E-state index contributed by atoms with van der Waals surface area (Å²) in [4.78, 5) is 14.7. The Hall–Kier alpha value is -2.20. The number of nitrogens with zero attached hydrogens (tertiary/aromatic N) is 1. The van der Waals surface area contributed by atoms with Crippen LogP contribution in [0.1, 0.15) is 42.9 Å². The Bertz CT molecular complexity index is 741. The molecule has 2 aromatic carbocycles. The van der Waals surface area contributed by atoms with Crippen molar-refractivity contribution in [2.75, 3.05) is 11.9 Å². The molecule has 1 heterocycles. The first-order chi connectivity index (χ1) is 11.7. The number of fused-ring (bicyclic) bond motifs is 1. The molecular formula is C20H21FN2O. The van der Waals surface area contributed by atoms with Gasteiger partial charge in [0, 0.05) is 17.3 Å². The highest BCUT2D eigenvalue weighted by Gasteiger charge is 2.35. The van der Waals surface area contributed by atoms with Crippen LogP contribution in [-0.2, 0) is 4.79 Å². The fraction of sp³-hybridized carbons (Fsp3) is 0.350. The number of amides is 1. The van der Waals surface area contributed by atoms with Crippen LogP contribution >= 0.6 is 0 Å². The molecule has 1 amide bonds. The molecule has 4 heteroatoms. The molecule has 4 rings (SSSR count). The van der Waals surface area contributed by atoms with Gasteiger partial charge in [0.1, 0.15) is 5.82 Å². The summed E-state index contributed by atoms with van der Waals surface area (Å²) < 4.78 is 14.0. The summed E-state index contributed by atoms with van der Waals surface area (Å²) in [5.41, 5.74) is 2.67. The van der Waals surface area contributed by atoms with Crippen LogP contribution in [0.4, 0.5) is 10.1 Å². The molecule has 0 bridgehead atoms. The van der Waals surface area contributed by atoms with Crippen LogP contribution in [0, 0.1) is 5.82 Å². The van der Waals surface area contributed by atoms with Gasteiger partial charge in [-0.25, -0.2) is 4.39 Å². The average molecular weight is 324 g/mol. The Balaban J connectivity index is 1.87. The normalized spacial score (nSPS) is 22.0. The van der Waals surface area contributed by atoms with Gasteiger partial charge in [-0.05, 0) is 36.6 Å². The van der Waals surface area contributed by atoms with Gasteiger partial charge in [0.25, 0.3) is 0 Å². The zero-order valence-corrected chi connectivity index (χ0v) is 13.5. The van der Waals surface area contributed by atoms with E-state index in [4.69, 9.17) is 0 Å². The molecule has 1 fully saturated rings. The molecule has 1 N–H and O–H groups in total. The van der Waals surface area contributed by atoms with E-state index in [9.17, 15) is 9.18 Å². The van der Waals surface area contributed by atoms with Crippen molar-refractivity contribution in [2.24, 2.45) is 0 Å². The van der Waals surface area contributed by atoms with E-state index < -0.39 is 0 Å². The maximum Gasteiger partial charge on any atom is 0.238 e. The summed E-state index contributed by atoms with van der Waals surface area (Å²) >= 11 is 0. The first-order valence-electron chi connectivity index (χ1n) is 8.62. The van der Waals surface area contributed by atoms with Gasteiger partial charge in [-0.15, -0.1) is 0 Å². The van der Waals surface area contributed by atoms with Gasteiger partial charge < -0.3 is 5.32 Å². The van der Waals surface area contributed by atoms with E-state index in [1.54, 1.807) is 12.1 Å². The predicted molar refractivity (Wildman–Crippen MR) is 92.3 cm³/mol. The second kappa shape index (κ2) is 6.36. The Morgan fingerprint density at radius 1 is 1.04 bits per heavy atom. The van der Waals surface area contributed by atoms with E-state index in [0.29, 0.717) is 12.6 Å². The van der Waals surface area contributed by atoms with Crippen molar-refractivity contribution in [3.05, 3.63) is 65.5 Å². The fourth-order valence-corrected chi connectivity index (χ4v) is 4.08. The van der Waals surface area contributed by atoms with Crippen molar-refractivity contribution in [1.82, 2.24) is 4.90 Å². The zero-order chi connectivity index (χ0) is 16.5. The SMILES string of the molecule is O=C1CN(C2CCCC2)C(c2ccccc2)c2cc(F)ccc2N1. The monoisotopic (exact) mass is 324 g/mol. The zero-order valence-electron chi connectivity index (χ0n) is 13.5. The lowest BCUT2D eigenvalue weighted by molar-refractivity contribution is -0.118. The highest BCUT2D eigenvalue weighted by molar-refractivity contribution is 5.94. The summed E-state index contributed by atoms with van der Waals surface area (Å²) in [7, 11) is 0. The quantitative estimate of drug-likeness (QED) is 0.901. The molecule has 1 unspecified atom stereocenters. The van der Waals surface area contributed by atoms with Crippen LogP contribution in [0.5, 0.6) is 0 Å². The van der Waals surface area contributed by atoms with Crippen LogP contribution in [0.3, 0.4) is 0 Å². The molecular weight excluding hydrogens is 303 g/mol. The Labute approximate surface area is 141 Å². The van der Waals surface area contributed by atoms with Gasteiger partial charge in [-0.2, -0.15) is 0 Å². The molecule has 0 radical (unpaired) electrons. The van der Waals surface area contributed by atoms with Crippen molar-refractivity contribution in [3.63, 3.8) is 0 Å². The minimum Gasteiger partial charge on any atom is -0.325 e. The van der Waals surface area contributed by atoms with Crippen molar-refractivity contribution in [2.45, 2.75) is 37.8 Å². The molecule has 1 aliphatic heterocycles. The van der Waals surface area contributed by atoms with Crippen LogP contribution < -0.4 is 5.32 Å². The van der Waals surface area contributed by atoms with Crippen LogP contribution in [0.25, 0.3) is 0 Å². The lowest BCUT2D eigenvalue weighted by atomic mass is 9.94. The third-order valence-electron chi connectivity index (χ3n) is 5.15. The lowest BCUT2D eigenvalue weighted by Crippen LogP contribution is -2.40. The van der Waals surface area contributed by atoms with Crippen molar-refractivity contribution in [1.29, 1.82) is 0 Å². The number of hydrogen-bond donors (Lipinski definition) is 1. The van der Waals surface area contributed by atoms with Crippen LogP contribution in [-0.4, -0.2) is 23.4 Å².